The van der Waals surface area contributed by atoms with E-state index in [9.17, 15) is 4.39 Å². The van der Waals surface area contributed by atoms with Crippen molar-refractivity contribution in [2.75, 3.05) is 20.2 Å². The molecular weight excluding hydrogens is 217 g/mol. The van der Waals surface area contributed by atoms with Crippen molar-refractivity contribution in [1.82, 2.24) is 5.32 Å². The summed E-state index contributed by atoms with van der Waals surface area (Å²) in [7, 11) is 1.56. The van der Waals surface area contributed by atoms with Crippen molar-refractivity contribution < 1.29 is 9.13 Å². The number of benzene rings is 1. The lowest BCUT2D eigenvalue weighted by molar-refractivity contribution is 0.241. The second kappa shape index (κ2) is 5.50. The molecule has 2 rings (SSSR count). The van der Waals surface area contributed by atoms with Gasteiger partial charge in [0.25, 0.3) is 0 Å². The van der Waals surface area contributed by atoms with E-state index in [4.69, 9.17) is 4.74 Å². The Hall–Kier alpha value is -1.09. The SMILES string of the molecule is CCNCC1CCC1c1ccc(OC)cc1F. The molecule has 0 aromatic heterocycles. The Kier molecular flexibility index (Phi) is 4.00. The summed E-state index contributed by atoms with van der Waals surface area (Å²) in [6.45, 7) is 4.07. The van der Waals surface area contributed by atoms with Gasteiger partial charge in [-0.05, 0) is 49.4 Å². The van der Waals surface area contributed by atoms with Gasteiger partial charge in [-0.15, -0.1) is 0 Å². The first-order valence-electron chi connectivity index (χ1n) is 6.30. The van der Waals surface area contributed by atoms with Crippen LogP contribution in [0.25, 0.3) is 0 Å². The zero-order chi connectivity index (χ0) is 12.3. The van der Waals surface area contributed by atoms with Crippen LogP contribution in [-0.2, 0) is 0 Å². The van der Waals surface area contributed by atoms with Gasteiger partial charge in [0.1, 0.15) is 11.6 Å². The van der Waals surface area contributed by atoms with Crippen molar-refractivity contribution in [3.8, 4) is 5.75 Å². The van der Waals surface area contributed by atoms with Crippen molar-refractivity contribution in [3.05, 3.63) is 29.6 Å². The van der Waals surface area contributed by atoms with Crippen LogP contribution >= 0.6 is 0 Å². The topological polar surface area (TPSA) is 21.3 Å². The molecule has 17 heavy (non-hydrogen) atoms. The Labute approximate surface area is 102 Å². The Morgan fingerprint density at radius 3 is 2.76 bits per heavy atom. The number of ether oxygens (including phenoxy) is 1. The maximum absolute atomic E-state index is 13.9. The van der Waals surface area contributed by atoms with E-state index in [1.807, 2.05) is 12.1 Å². The van der Waals surface area contributed by atoms with Crippen LogP contribution in [0.15, 0.2) is 18.2 Å². The van der Waals surface area contributed by atoms with Gasteiger partial charge >= 0.3 is 0 Å². The van der Waals surface area contributed by atoms with Crippen molar-refractivity contribution in [2.24, 2.45) is 5.92 Å². The Balaban J connectivity index is 2.07. The number of methoxy groups -OCH3 is 1. The van der Waals surface area contributed by atoms with Crippen LogP contribution in [0.4, 0.5) is 4.39 Å². The average molecular weight is 237 g/mol. The smallest absolute Gasteiger partial charge is 0.130 e. The van der Waals surface area contributed by atoms with Gasteiger partial charge in [0.05, 0.1) is 7.11 Å². The van der Waals surface area contributed by atoms with Gasteiger partial charge in [0, 0.05) is 6.07 Å². The Bertz CT molecular complexity index is 380. The van der Waals surface area contributed by atoms with Gasteiger partial charge in [-0.1, -0.05) is 13.0 Å². The van der Waals surface area contributed by atoms with Crippen molar-refractivity contribution in [1.29, 1.82) is 0 Å². The molecule has 0 amide bonds. The Morgan fingerprint density at radius 2 is 2.24 bits per heavy atom. The minimum Gasteiger partial charge on any atom is -0.497 e. The second-order valence-electron chi connectivity index (χ2n) is 4.64. The molecule has 94 valence electrons. The van der Waals surface area contributed by atoms with E-state index >= 15 is 0 Å². The molecule has 1 aliphatic rings. The maximum Gasteiger partial charge on any atom is 0.130 e. The van der Waals surface area contributed by atoms with Crippen LogP contribution < -0.4 is 10.1 Å². The number of halogens is 1. The molecule has 2 atom stereocenters. The first kappa shape index (κ1) is 12.4. The van der Waals surface area contributed by atoms with E-state index in [1.165, 1.54) is 12.5 Å². The summed E-state index contributed by atoms with van der Waals surface area (Å²) in [5.74, 6) is 1.42. The summed E-state index contributed by atoms with van der Waals surface area (Å²) in [5, 5.41) is 3.34. The molecule has 1 N–H and O–H groups in total. The van der Waals surface area contributed by atoms with Gasteiger partial charge in [-0.2, -0.15) is 0 Å². The molecule has 0 aliphatic heterocycles. The highest BCUT2D eigenvalue weighted by Gasteiger charge is 2.33. The largest absolute Gasteiger partial charge is 0.497 e. The van der Waals surface area contributed by atoms with Gasteiger partial charge in [-0.25, -0.2) is 4.39 Å². The van der Waals surface area contributed by atoms with Crippen LogP contribution in [0.5, 0.6) is 5.75 Å². The summed E-state index contributed by atoms with van der Waals surface area (Å²) in [6.07, 6.45) is 2.29. The second-order valence-corrected chi connectivity index (χ2v) is 4.64. The van der Waals surface area contributed by atoms with E-state index in [1.54, 1.807) is 7.11 Å². The maximum atomic E-state index is 13.9. The highest BCUT2D eigenvalue weighted by molar-refractivity contribution is 5.32. The molecule has 2 nitrogen and oxygen atoms in total. The van der Waals surface area contributed by atoms with Gasteiger partial charge < -0.3 is 10.1 Å². The predicted molar refractivity (Wildman–Crippen MR) is 67.0 cm³/mol. The molecule has 3 heteroatoms. The monoisotopic (exact) mass is 237 g/mol. The first-order valence-corrected chi connectivity index (χ1v) is 6.30. The summed E-state index contributed by atoms with van der Waals surface area (Å²) < 4.78 is 18.9. The summed E-state index contributed by atoms with van der Waals surface area (Å²) >= 11 is 0. The highest BCUT2D eigenvalue weighted by Crippen LogP contribution is 2.43. The van der Waals surface area contributed by atoms with Crippen LogP contribution in [0.2, 0.25) is 0 Å². The van der Waals surface area contributed by atoms with Crippen molar-refractivity contribution in [3.63, 3.8) is 0 Å². The minimum absolute atomic E-state index is 0.129. The van der Waals surface area contributed by atoms with E-state index in [0.717, 1.165) is 25.1 Å². The Morgan fingerprint density at radius 1 is 1.41 bits per heavy atom. The number of nitrogens with one attached hydrogen (secondary N) is 1. The van der Waals surface area contributed by atoms with E-state index in [0.29, 0.717) is 17.6 Å². The van der Waals surface area contributed by atoms with E-state index < -0.39 is 0 Å². The third-order valence-corrected chi connectivity index (χ3v) is 3.68. The molecular formula is C14H20FNO. The van der Waals surface area contributed by atoms with Crippen LogP contribution in [0.3, 0.4) is 0 Å². The van der Waals surface area contributed by atoms with Gasteiger partial charge in [0.15, 0.2) is 0 Å². The van der Waals surface area contributed by atoms with Crippen LogP contribution in [0.1, 0.15) is 31.2 Å². The quantitative estimate of drug-likeness (QED) is 0.850. The number of hydrogen-bond acceptors (Lipinski definition) is 2. The lowest BCUT2D eigenvalue weighted by atomic mass is 9.70. The zero-order valence-corrected chi connectivity index (χ0v) is 10.5. The van der Waals surface area contributed by atoms with Crippen molar-refractivity contribution >= 4 is 0 Å². The van der Waals surface area contributed by atoms with Gasteiger partial charge in [0.2, 0.25) is 0 Å². The molecule has 0 bridgehead atoms. The molecule has 0 radical (unpaired) electrons. The molecule has 0 saturated heterocycles. The highest BCUT2D eigenvalue weighted by atomic mass is 19.1. The summed E-state index contributed by atoms with van der Waals surface area (Å²) in [6, 6.07) is 5.20. The molecule has 1 aliphatic carbocycles. The molecule has 1 aromatic rings. The van der Waals surface area contributed by atoms with E-state index in [-0.39, 0.29) is 5.82 Å². The van der Waals surface area contributed by atoms with Crippen LogP contribution in [0, 0.1) is 11.7 Å². The minimum atomic E-state index is -0.129. The molecule has 0 heterocycles. The summed E-state index contributed by atoms with van der Waals surface area (Å²) in [5.41, 5.74) is 0.847. The number of hydrogen-bond donors (Lipinski definition) is 1. The third kappa shape index (κ3) is 2.60. The lowest BCUT2D eigenvalue weighted by Gasteiger charge is -2.37. The van der Waals surface area contributed by atoms with Crippen molar-refractivity contribution in [2.45, 2.75) is 25.7 Å². The predicted octanol–water partition coefficient (Wildman–Crippen LogP) is 2.94. The average Bonchev–Trinajstić information content (AvgIpc) is 2.30. The molecule has 1 aromatic carbocycles. The fourth-order valence-electron chi connectivity index (χ4n) is 2.49. The van der Waals surface area contributed by atoms with Gasteiger partial charge in [-0.3, -0.25) is 0 Å². The number of rotatable bonds is 5. The van der Waals surface area contributed by atoms with Crippen LogP contribution in [-0.4, -0.2) is 20.2 Å². The first-order chi connectivity index (χ1) is 8.26. The summed E-state index contributed by atoms with van der Waals surface area (Å²) in [4.78, 5) is 0. The zero-order valence-electron chi connectivity index (χ0n) is 10.5. The molecule has 1 fully saturated rings. The lowest BCUT2D eigenvalue weighted by Crippen LogP contribution is -2.34. The fraction of sp³-hybridized carbons (Fsp3) is 0.571. The molecule has 2 unspecified atom stereocenters. The molecule has 0 spiro atoms. The molecule has 1 saturated carbocycles. The fourth-order valence-corrected chi connectivity index (χ4v) is 2.49. The third-order valence-electron chi connectivity index (χ3n) is 3.68. The standard InChI is InChI=1S/C14H20FNO/c1-3-16-9-10-4-6-12(10)13-7-5-11(17-2)8-14(13)15/h5,7-8,10,12,16H,3-4,6,9H2,1-2H3. The normalized spacial score (nSPS) is 23.2. The van der Waals surface area contributed by atoms with E-state index in [2.05, 4.69) is 12.2 Å².